The largest absolute Gasteiger partial charge is 0.333 e. The van der Waals surface area contributed by atoms with E-state index in [4.69, 9.17) is 4.52 Å². The zero-order valence-electron chi connectivity index (χ0n) is 11.8. The average Bonchev–Trinajstić information content (AvgIpc) is 3.05. The highest BCUT2D eigenvalue weighted by Gasteiger charge is 2.15. The van der Waals surface area contributed by atoms with Crippen molar-refractivity contribution in [3.05, 3.63) is 35.5 Å². The molecule has 3 aromatic rings. The van der Waals surface area contributed by atoms with E-state index in [1.165, 1.54) is 11.3 Å². The summed E-state index contributed by atoms with van der Waals surface area (Å²) < 4.78 is 30.2. The van der Waals surface area contributed by atoms with E-state index in [2.05, 4.69) is 19.8 Å². The molecule has 0 saturated carbocycles. The molecule has 1 N–H and O–H groups in total. The topological polar surface area (TPSA) is 98.0 Å². The van der Waals surface area contributed by atoms with Crippen LogP contribution in [-0.4, -0.2) is 29.8 Å². The summed E-state index contributed by atoms with van der Waals surface area (Å²) in [6.45, 7) is 1.87. The third kappa shape index (κ3) is 3.15. The predicted octanol–water partition coefficient (Wildman–Crippen LogP) is 2.54. The first-order chi connectivity index (χ1) is 10.4. The highest BCUT2D eigenvalue weighted by Crippen LogP contribution is 2.28. The zero-order valence-corrected chi connectivity index (χ0v) is 13.4. The Balaban J connectivity index is 1.94. The Labute approximate surface area is 131 Å². The molecule has 0 fully saturated rings. The minimum atomic E-state index is -3.33. The predicted molar refractivity (Wildman–Crippen MR) is 84.0 cm³/mol. The summed E-state index contributed by atoms with van der Waals surface area (Å²) in [7, 11) is -3.33. The fraction of sp³-hybridized carbons (Fsp3) is 0.154. The maximum atomic E-state index is 11.3. The normalized spacial score (nSPS) is 11.5. The fourth-order valence-electron chi connectivity index (χ4n) is 1.88. The van der Waals surface area contributed by atoms with E-state index in [0.29, 0.717) is 23.0 Å². The number of benzene rings is 1. The molecule has 0 aliphatic carbocycles. The number of sulfonamides is 1. The Kier molecular flexibility index (Phi) is 3.67. The van der Waals surface area contributed by atoms with Gasteiger partial charge in [-0.2, -0.15) is 4.98 Å². The van der Waals surface area contributed by atoms with Gasteiger partial charge in [0.15, 0.2) is 0 Å². The van der Waals surface area contributed by atoms with Crippen LogP contribution in [0, 0.1) is 6.92 Å². The number of anilines is 1. The van der Waals surface area contributed by atoms with E-state index >= 15 is 0 Å². The van der Waals surface area contributed by atoms with Crippen LogP contribution in [0.25, 0.3) is 22.2 Å². The van der Waals surface area contributed by atoms with E-state index in [-0.39, 0.29) is 0 Å². The number of nitrogens with zero attached hydrogens (tertiary/aromatic N) is 3. The molecule has 0 radical (unpaired) electrons. The summed E-state index contributed by atoms with van der Waals surface area (Å²) in [6, 6.07) is 6.80. The van der Waals surface area contributed by atoms with Gasteiger partial charge in [0.2, 0.25) is 15.8 Å². The molecular weight excluding hydrogens is 324 g/mol. The van der Waals surface area contributed by atoms with E-state index in [9.17, 15) is 8.42 Å². The number of rotatable bonds is 4. The van der Waals surface area contributed by atoms with Gasteiger partial charge in [0.05, 0.1) is 17.5 Å². The lowest BCUT2D eigenvalue weighted by atomic mass is 10.2. The highest BCUT2D eigenvalue weighted by atomic mass is 32.2. The molecule has 114 valence electrons. The first-order valence-electron chi connectivity index (χ1n) is 6.25. The van der Waals surface area contributed by atoms with Crippen molar-refractivity contribution >= 4 is 27.0 Å². The van der Waals surface area contributed by atoms with Crippen molar-refractivity contribution in [2.24, 2.45) is 0 Å². The number of thiazole rings is 1. The summed E-state index contributed by atoms with van der Waals surface area (Å²) in [6.07, 6.45) is 1.10. The van der Waals surface area contributed by atoms with Crippen LogP contribution in [0.4, 0.5) is 5.69 Å². The molecule has 0 aliphatic rings. The quantitative estimate of drug-likeness (QED) is 0.786. The van der Waals surface area contributed by atoms with Crippen molar-refractivity contribution < 1.29 is 12.9 Å². The van der Waals surface area contributed by atoms with Crippen molar-refractivity contribution in [3.8, 4) is 22.2 Å². The minimum absolute atomic E-state index is 0.389. The Bertz CT molecular complexity index is 915. The molecule has 9 heteroatoms. The van der Waals surface area contributed by atoms with E-state index in [1.807, 2.05) is 6.92 Å². The molecular formula is C13H12N4O3S2. The number of aromatic nitrogens is 3. The standard InChI is InChI=1S/C13H12N4O3S2/c1-8-11(21-7-14-8)13-15-12(16-20-13)9-4-3-5-10(6-9)17-22(2,18)19/h3-7,17H,1-2H3. The smallest absolute Gasteiger partial charge is 0.270 e. The second kappa shape index (κ2) is 5.50. The average molecular weight is 336 g/mol. The van der Waals surface area contributed by atoms with Crippen LogP contribution in [0.3, 0.4) is 0 Å². The van der Waals surface area contributed by atoms with Gasteiger partial charge in [0.1, 0.15) is 4.88 Å². The Hall–Kier alpha value is -2.26. The van der Waals surface area contributed by atoms with Crippen molar-refractivity contribution in [2.75, 3.05) is 11.0 Å². The van der Waals surface area contributed by atoms with Gasteiger partial charge >= 0.3 is 0 Å². The minimum Gasteiger partial charge on any atom is -0.333 e. The molecule has 0 unspecified atom stereocenters. The molecule has 7 nitrogen and oxygen atoms in total. The molecule has 0 atom stereocenters. The Morgan fingerprint density at radius 3 is 2.82 bits per heavy atom. The van der Waals surface area contributed by atoms with Crippen LogP contribution in [0.1, 0.15) is 5.69 Å². The van der Waals surface area contributed by atoms with Gasteiger partial charge in [-0.25, -0.2) is 13.4 Å². The van der Waals surface area contributed by atoms with E-state index in [1.54, 1.807) is 29.8 Å². The second-order valence-electron chi connectivity index (χ2n) is 4.65. The van der Waals surface area contributed by atoms with Gasteiger partial charge in [0, 0.05) is 11.3 Å². The second-order valence-corrected chi connectivity index (χ2v) is 7.25. The van der Waals surface area contributed by atoms with Crippen LogP contribution in [0.2, 0.25) is 0 Å². The van der Waals surface area contributed by atoms with Crippen LogP contribution in [0.15, 0.2) is 34.3 Å². The number of hydrogen-bond donors (Lipinski definition) is 1. The van der Waals surface area contributed by atoms with Gasteiger partial charge in [-0.1, -0.05) is 17.3 Å². The summed E-state index contributed by atoms with van der Waals surface area (Å²) in [4.78, 5) is 9.30. The van der Waals surface area contributed by atoms with Crippen molar-refractivity contribution in [2.45, 2.75) is 6.92 Å². The SMILES string of the molecule is Cc1ncsc1-c1nc(-c2cccc(NS(C)(=O)=O)c2)no1. The third-order valence-electron chi connectivity index (χ3n) is 2.79. The van der Waals surface area contributed by atoms with Gasteiger partial charge in [-0.3, -0.25) is 4.72 Å². The van der Waals surface area contributed by atoms with Gasteiger partial charge in [-0.15, -0.1) is 11.3 Å². The molecule has 0 aliphatic heterocycles. The van der Waals surface area contributed by atoms with Crippen molar-refractivity contribution in [3.63, 3.8) is 0 Å². The van der Waals surface area contributed by atoms with Crippen molar-refractivity contribution in [1.82, 2.24) is 15.1 Å². The lowest BCUT2D eigenvalue weighted by molar-refractivity contribution is 0.433. The Morgan fingerprint density at radius 1 is 1.32 bits per heavy atom. The molecule has 0 saturated heterocycles. The lowest BCUT2D eigenvalue weighted by Crippen LogP contribution is -2.09. The maximum absolute atomic E-state index is 11.3. The molecule has 3 rings (SSSR count). The van der Waals surface area contributed by atoms with Crippen LogP contribution < -0.4 is 4.72 Å². The summed E-state index contributed by atoms with van der Waals surface area (Å²) >= 11 is 1.42. The van der Waals surface area contributed by atoms with Gasteiger partial charge in [0.25, 0.3) is 5.89 Å². The molecule has 0 spiro atoms. The molecule has 0 bridgehead atoms. The van der Waals surface area contributed by atoms with Crippen LogP contribution in [0.5, 0.6) is 0 Å². The molecule has 22 heavy (non-hydrogen) atoms. The number of aryl methyl sites for hydroxylation is 1. The summed E-state index contributed by atoms with van der Waals surface area (Å²) in [5.74, 6) is 0.788. The fourth-order valence-corrected chi connectivity index (χ4v) is 3.15. The van der Waals surface area contributed by atoms with Crippen LogP contribution >= 0.6 is 11.3 Å². The van der Waals surface area contributed by atoms with Gasteiger partial charge < -0.3 is 4.52 Å². The number of hydrogen-bond acceptors (Lipinski definition) is 7. The van der Waals surface area contributed by atoms with Crippen molar-refractivity contribution in [1.29, 1.82) is 0 Å². The highest BCUT2D eigenvalue weighted by molar-refractivity contribution is 7.92. The van der Waals surface area contributed by atoms with Gasteiger partial charge in [-0.05, 0) is 19.1 Å². The summed E-state index contributed by atoms with van der Waals surface area (Å²) in [5, 5.41) is 3.94. The van der Waals surface area contributed by atoms with E-state index < -0.39 is 10.0 Å². The van der Waals surface area contributed by atoms with Crippen LogP contribution in [-0.2, 0) is 10.0 Å². The lowest BCUT2D eigenvalue weighted by Gasteiger charge is -2.04. The molecule has 2 aromatic heterocycles. The summed E-state index contributed by atoms with van der Waals surface area (Å²) in [5.41, 5.74) is 3.64. The third-order valence-corrected chi connectivity index (χ3v) is 4.31. The first kappa shape index (κ1) is 14.7. The monoisotopic (exact) mass is 336 g/mol. The van der Waals surface area contributed by atoms with E-state index in [0.717, 1.165) is 16.8 Å². The maximum Gasteiger partial charge on any atom is 0.270 e. The molecule has 2 heterocycles. The molecule has 0 amide bonds. The molecule has 1 aromatic carbocycles. The first-order valence-corrected chi connectivity index (χ1v) is 9.02. The number of nitrogens with one attached hydrogen (secondary N) is 1. The zero-order chi connectivity index (χ0) is 15.7. The Morgan fingerprint density at radius 2 is 2.14 bits per heavy atom.